The molecular formula is C19H20ClN3S. The molecule has 0 aliphatic rings. The van der Waals surface area contributed by atoms with E-state index in [9.17, 15) is 0 Å². The number of hydrogen-bond donors (Lipinski definition) is 3. The van der Waals surface area contributed by atoms with Crippen molar-refractivity contribution in [2.24, 2.45) is 0 Å². The summed E-state index contributed by atoms with van der Waals surface area (Å²) in [4.78, 5) is 3.27. The van der Waals surface area contributed by atoms with Crippen LogP contribution < -0.4 is 10.6 Å². The molecule has 0 aliphatic heterocycles. The zero-order valence-corrected chi connectivity index (χ0v) is 15.1. The molecular weight excluding hydrogens is 338 g/mol. The lowest BCUT2D eigenvalue weighted by Gasteiger charge is -2.13. The summed E-state index contributed by atoms with van der Waals surface area (Å²) in [6.45, 7) is 2.90. The number of rotatable bonds is 5. The van der Waals surface area contributed by atoms with Crippen molar-refractivity contribution in [1.29, 1.82) is 0 Å². The molecule has 0 bridgehead atoms. The van der Waals surface area contributed by atoms with Crippen LogP contribution in [0, 0.1) is 0 Å². The first kappa shape index (κ1) is 16.8. The van der Waals surface area contributed by atoms with Gasteiger partial charge in [-0.25, -0.2) is 0 Å². The lowest BCUT2D eigenvalue weighted by Crippen LogP contribution is -2.30. The van der Waals surface area contributed by atoms with Crippen molar-refractivity contribution in [3.05, 3.63) is 64.8 Å². The molecule has 3 rings (SSSR count). The van der Waals surface area contributed by atoms with Crippen molar-refractivity contribution in [3.8, 4) is 0 Å². The Morgan fingerprint density at radius 3 is 2.83 bits per heavy atom. The Labute approximate surface area is 152 Å². The lowest BCUT2D eigenvalue weighted by atomic mass is 10.1. The van der Waals surface area contributed by atoms with E-state index >= 15 is 0 Å². The normalized spacial score (nSPS) is 10.8. The van der Waals surface area contributed by atoms with Crippen molar-refractivity contribution < 1.29 is 0 Å². The van der Waals surface area contributed by atoms with Gasteiger partial charge in [0, 0.05) is 34.4 Å². The predicted octanol–water partition coefficient (Wildman–Crippen LogP) is 4.91. The molecule has 3 nitrogen and oxygen atoms in total. The predicted molar refractivity (Wildman–Crippen MR) is 107 cm³/mol. The van der Waals surface area contributed by atoms with Crippen LogP contribution in [-0.2, 0) is 12.8 Å². The van der Waals surface area contributed by atoms with Gasteiger partial charge in [0.2, 0.25) is 0 Å². The maximum Gasteiger partial charge on any atom is 0.170 e. The summed E-state index contributed by atoms with van der Waals surface area (Å²) < 4.78 is 0. The summed E-state index contributed by atoms with van der Waals surface area (Å²) in [7, 11) is 0. The SMILES string of the molecule is CCc1ccccc1NC(=S)NCCc1c[nH]c2ccc(Cl)cc12. The fourth-order valence-corrected chi connectivity index (χ4v) is 3.17. The van der Waals surface area contributed by atoms with E-state index in [0.29, 0.717) is 5.11 Å². The van der Waals surface area contributed by atoms with Gasteiger partial charge in [0.1, 0.15) is 0 Å². The smallest absolute Gasteiger partial charge is 0.170 e. The number of para-hydroxylation sites is 1. The molecule has 24 heavy (non-hydrogen) atoms. The summed E-state index contributed by atoms with van der Waals surface area (Å²) in [5.41, 5.74) is 4.66. The Hall–Kier alpha value is -2.04. The van der Waals surface area contributed by atoms with Crippen LogP contribution in [0.3, 0.4) is 0 Å². The number of aromatic amines is 1. The highest BCUT2D eigenvalue weighted by Gasteiger charge is 2.05. The molecule has 0 saturated carbocycles. The average molecular weight is 358 g/mol. The van der Waals surface area contributed by atoms with Gasteiger partial charge in [-0.15, -0.1) is 0 Å². The molecule has 0 unspecified atom stereocenters. The topological polar surface area (TPSA) is 39.8 Å². The Bertz CT molecular complexity index is 857. The highest BCUT2D eigenvalue weighted by molar-refractivity contribution is 7.80. The summed E-state index contributed by atoms with van der Waals surface area (Å²) >= 11 is 11.5. The Balaban J connectivity index is 1.57. The molecule has 5 heteroatoms. The van der Waals surface area contributed by atoms with E-state index in [2.05, 4.69) is 34.7 Å². The Morgan fingerprint density at radius 1 is 1.17 bits per heavy atom. The fraction of sp³-hybridized carbons (Fsp3) is 0.211. The van der Waals surface area contributed by atoms with Gasteiger partial charge in [0.15, 0.2) is 5.11 Å². The van der Waals surface area contributed by atoms with Crippen molar-refractivity contribution in [2.75, 3.05) is 11.9 Å². The number of aromatic nitrogens is 1. The lowest BCUT2D eigenvalue weighted by molar-refractivity contribution is 0.878. The highest BCUT2D eigenvalue weighted by atomic mass is 35.5. The molecule has 124 valence electrons. The monoisotopic (exact) mass is 357 g/mol. The number of hydrogen-bond acceptors (Lipinski definition) is 1. The third-order valence-electron chi connectivity index (χ3n) is 4.06. The number of anilines is 1. The molecule has 0 saturated heterocycles. The second-order valence-corrected chi connectivity index (χ2v) is 6.49. The highest BCUT2D eigenvalue weighted by Crippen LogP contribution is 2.22. The maximum absolute atomic E-state index is 6.09. The van der Waals surface area contributed by atoms with Gasteiger partial charge in [-0.05, 0) is 60.5 Å². The third kappa shape index (κ3) is 3.89. The molecule has 0 radical (unpaired) electrons. The van der Waals surface area contributed by atoms with E-state index in [4.69, 9.17) is 23.8 Å². The van der Waals surface area contributed by atoms with Gasteiger partial charge in [-0.3, -0.25) is 0 Å². The number of fused-ring (bicyclic) bond motifs is 1. The largest absolute Gasteiger partial charge is 0.362 e. The molecule has 0 spiro atoms. The van der Waals surface area contributed by atoms with Gasteiger partial charge in [0.05, 0.1) is 0 Å². The van der Waals surface area contributed by atoms with E-state index < -0.39 is 0 Å². The van der Waals surface area contributed by atoms with Gasteiger partial charge >= 0.3 is 0 Å². The van der Waals surface area contributed by atoms with Gasteiger partial charge in [-0.1, -0.05) is 36.7 Å². The minimum Gasteiger partial charge on any atom is -0.362 e. The van der Waals surface area contributed by atoms with Crippen molar-refractivity contribution in [3.63, 3.8) is 0 Å². The van der Waals surface area contributed by atoms with E-state index in [0.717, 1.165) is 35.6 Å². The number of benzene rings is 2. The van der Waals surface area contributed by atoms with Crippen molar-refractivity contribution >= 4 is 45.5 Å². The van der Waals surface area contributed by atoms with Crippen LogP contribution in [0.15, 0.2) is 48.7 Å². The molecule has 3 N–H and O–H groups in total. The van der Waals surface area contributed by atoms with Crippen LogP contribution in [0.1, 0.15) is 18.1 Å². The molecule has 0 atom stereocenters. The first-order valence-corrected chi connectivity index (χ1v) is 8.84. The van der Waals surface area contributed by atoms with Crippen LogP contribution >= 0.6 is 23.8 Å². The van der Waals surface area contributed by atoms with Crippen molar-refractivity contribution in [1.82, 2.24) is 10.3 Å². The molecule has 0 aliphatic carbocycles. The Morgan fingerprint density at radius 2 is 2.00 bits per heavy atom. The zero-order valence-electron chi connectivity index (χ0n) is 13.5. The fourth-order valence-electron chi connectivity index (χ4n) is 2.79. The van der Waals surface area contributed by atoms with Crippen LogP contribution in [0.5, 0.6) is 0 Å². The number of H-pyrrole nitrogens is 1. The Kier molecular flexibility index (Phi) is 5.38. The van der Waals surface area contributed by atoms with E-state index in [1.54, 1.807) is 0 Å². The number of halogens is 1. The number of thiocarbonyl (C=S) groups is 1. The van der Waals surface area contributed by atoms with Gasteiger partial charge in [0.25, 0.3) is 0 Å². The molecule has 0 fully saturated rings. The number of aryl methyl sites for hydroxylation is 1. The molecule has 0 amide bonds. The number of nitrogens with one attached hydrogen (secondary N) is 3. The van der Waals surface area contributed by atoms with Gasteiger partial charge in [-0.2, -0.15) is 0 Å². The van der Waals surface area contributed by atoms with E-state index in [1.807, 2.05) is 36.5 Å². The zero-order chi connectivity index (χ0) is 16.9. The minimum atomic E-state index is 0.647. The average Bonchev–Trinajstić information content (AvgIpc) is 2.97. The third-order valence-corrected chi connectivity index (χ3v) is 4.54. The summed E-state index contributed by atoms with van der Waals surface area (Å²) in [5, 5.41) is 9.12. The summed E-state index contributed by atoms with van der Waals surface area (Å²) in [6.07, 6.45) is 3.88. The summed E-state index contributed by atoms with van der Waals surface area (Å²) in [6, 6.07) is 14.1. The maximum atomic E-state index is 6.09. The standard InChI is InChI=1S/C19H20ClN3S/c1-2-13-5-3-4-6-17(13)23-19(24)21-10-9-14-12-22-18-8-7-15(20)11-16(14)18/h3-8,11-12,22H,2,9-10H2,1H3,(H2,21,23,24). The van der Waals surface area contributed by atoms with Crippen LogP contribution in [0.2, 0.25) is 5.02 Å². The van der Waals surface area contributed by atoms with Crippen LogP contribution in [0.4, 0.5) is 5.69 Å². The first-order chi connectivity index (χ1) is 11.7. The molecule has 1 heterocycles. The molecule has 2 aromatic carbocycles. The first-order valence-electron chi connectivity index (χ1n) is 8.05. The minimum absolute atomic E-state index is 0.647. The molecule has 3 aromatic rings. The van der Waals surface area contributed by atoms with Crippen molar-refractivity contribution in [2.45, 2.75) is 19.8 Å². The molecule has 1 aromatic heterocycles. The quantitative estimate of drug-likeness (QED) is 0.568. The summed E-state index contributed by atoms with van der Waals surface area (Å²) in [5.74, 6) is 0. The van der Waals surface area contributed by atoms with Crippen LogP contribution in [0.25, 0.3) is 10.9 Å². The second-order valence-electron chi connectivity index (χ2n) is 5.65. The second kappa shape index (κ2) is 7.69. The van der Waals surface area contributed by atoms with E-state index in [-0.39, 0.29) is 0 Å². The van der Waals surface area contributed by atoms with E-state index in [1.165, 1.54) is 16.5 Å². The van der Waals surface area contributed by atoms with Gasteiger partial charge < -0.3 is 15.6 Å². The van der Waals surface area contributed by atoms with Crippen LogP contribution in [-0.4, -0.2) is 16.6 Å².